The molecule has 2 aliphatic rings. The van der Waals surface area contributed by atoms with Crippen molar-refractivity contribution in [2.75, 3.05) is 0 Å². The van der Waals surface area contributed by atoms with Gasteiger partial charge in [0.2, 0.25) is 0 Å². The Bertz CT molecular complexity index is 534. The molecule has 0 heterocycles. The van der Waals surface area contributed by atoms with Crippen LogP contribution in [0.15, 0.2) is 0 Å². The van der Waals surface area contributed by atoms with E-state index >= 15 is 0 Å². The van der Waals surface area contributed by atoms with Crippen LogP contribution in [-0.4, -0.2) is 58.6 Å². The van der Waals surface area contributed by atoms with Crippen LogP contribution >= 0.6 is 0 Å². The van der Waals surface area contributed by atoms with Crippen molar-refractivity contribution in [3.63, 3.8) is 0 Å². The number of hydrogen-bond acceptors (Lipinski definition) is 8. The first-order chi connectivity index (χ1) is 12.8. The van der Waals surface area contributed by atoms with Crippen LogP contribution in [0.3, 0.4) is 0 Å². The fourth-order valence-electron chi connectivity index (χ4n) is 3.54. The summed E-state index contributed by atoms with van der Waals surface area (Å²) in [5, 5.41) is 20.1. The third kappa shape index (κ3) is 6.17. The first kappa shape index (κ1) is 21.6. The van der Waals surface area contributed by atoms with E-state index in [2.05, 4.69) is 0 Å². The molecule has 0 aromatic heterocycles. The molecule has 6 unspecified atom stereocenters. The summed E-state index contributed by atoms with van der Waals surface area (Å²) < 4.78 is 15.9. The number of carbonyl (C=O) groups is 3. The lowest BCUT2D eigenvalue weighted by Gasteiger charge is -2.35. The van der Waals surface area contributed by atoms with E-state index in [9.17, 15) is 24.6 Å². The number of rotatable bonds is 6. The second-order valence-corrected chi connectivity index (χ2v) is 7.28. The standard InChI is InChI=1S/C19H30O8/c1-3-17(22)26-15-8-6-12(10-14(15)21)25-19(24)11-5-7-13(20)16(9-11)27-18(23)4-2/h11-16,20-21H,3-10H2,1-2H3. The van der Waals surface area contributed by atoms with Gasteiger partial charge >= 0.3 is 17.9 Å². The third-order valence-electron chi connectivity index (χ3n) is 5.22. The zero-order valence-electron chi connectivity index (χ0n) is 16.0. The molecule has 6 atom stereocenters. The molecule has 154 valence electrons. The Morgan fingerprint density at radius 3 is 2.00 bits per heavy atom. The topological polar surface area (TPSA) is 119 Å². The van der Waals surface area contributed by atoms with Crippen LogP contribution in [0.5, 0.6) is 0 Å². The normalized spacial score (nSPS) is 33.8. The second kappa shape index (κ2) is 10.0. The van der Waals surface area contributed by atoms with Gasteiger partial charge in [-0.25, -0.2) is 0 Å². The maximum Gasteiger partial charge on any atom is 0.309 e. The van der Waals surface area contributed by atoms with Crippen molar-refractivity contribution in [1.82, 2.24) is 0 Å². The molecular weight excluding hydrogens is 356 g/mol. The zero-order valence-corrected chi connectivity index (χ0v) is 16.0. The van der Waals surface area contributed by atoms with Crippen LogP contribution < -0.4 is 0 Å². The van der Waals surface area contributed by atoms with Gasteiger partial charge in [0.25, 0.3) is 0 Å². The van der Waals surface area contributed by atoms with E-state index < -0.39 is 48.4 Å². The van der Waals surface area contributed by atoms with Crippen molar-refractivity contribution >= 4 is 17.9 Å². The number of aliphatic hydroxyl groups is 2. The van der Waals surface area contributed by atoms with Crippen LogP contribution in [0.2, 0.25) is 0 Å². The summed E-state index contributed by atoms with van der Waals surface area (Å²) in [6.07, 6.45) is -0.639. The molecule has 0 spiro atoms. The van der Waals surface area contributed by atoms with Crippen molar-refractivity contribution in [1.29, 1.82) is 0 Å². The third-order valence-corrected chi connectivity index (χ3v) is 5.22. The van der Waals surface area contributed by atoms with Crippen LogP contribution in [-0.2, 0) is 28.6 Å². The molecule has 0 bridgehead atoms. The van der Waals surface area contributed by atoms with Crippen molar-refractivity contribution < 1.29 is 38.8 Å². The summed E-state index contributed by atoms with van der Waals surface area (Å²) in [6.45, 7) is 3.36. The Balaban J connectivity index is 1.83. The Kier molecular flexibility index (Phi) is 8.04. The molecule has 27 heavy (non-hydrogen) atoms. The fourth-order valence-corrected chi connectivity index (χ4v) is 3.54. The molecule has 0 amide bonds. The fraction of sp³-hybridized carbons (Fsp3) is 0.842. The van der Waals surface area contributed by atoms with E-state index in [0.717, 1.165) is 0 Å². The Labute approximate surface area is 159 Å². The summed E-state index contributed by atoms with van der Waals surface area (Å²) in [5.41, 5.74) is 0. The maximum atomic E-state index is 12.5. The number of esters is 3. The van der Waals surface area contributed by atoms with E-state index in [1.54, 1.807) is 13.8 Å². The molecule has 0 aliphatic heterocycles. The van der Waals surface area contributed by atoms with Gasteiger partial charge in [-0.1, -0.05) is 13.8 Å². The van der Waals surface area contributed by atoms with E-state index in [1.165, 1.54) is 0 Å². The van der Waals surface area contributed by atoms with Crippen molar-refractivity contribution in [2.45, 2.75) is 95.7 Å². The lowest BCUT2D eigenvalue weighted by molar-refractivity contribution is -0.175. The first-order valence-electron chi connectivity index (χ1n) is 9.79. The molecule has 0 radical (unpaired) electrons. The molecular formula is C19H30O8. The van der Waals surface area contributed by atoms with Gasteiger partial charge in [-0.15, -0.1) is 0 Å². The number of carbonyl (C=O) groups excluding carboxylic acids is 3. The molecule has 8 nitrogen and oxygen atoms in total. The molecule has 8 heteroatoms. The van der Waals surface area contributed by atoms with E-state index in [-0.39, 0.29) is 31.7 Å². The molecule has 0 aromatic carbocycles. The Morgan fingerprint density at radius 2 is 1.41 bits per heavy atom. The predicted molar refractivity (Wildman–Crippen MR) is 93.4 cm³/mol. The lowest BCUT2D eigenvalue weighted by Crippen LogP contribution is -2.43. The van der Waals surface area contributed by atoms with Gasteiger partial charge in [0.05, 0.1) is 18.1 Å². The highest BCUT2D eigenvalue weighted by atomic mass is 16.6. The number of ether oxygens (including phenoxy) is 3. The van der Waals surface area contributed by atoms with Gasteiger partial charge in [-0.2, -0.15) is 0 Å². The van der Waals surface area contributed by atoms with Crippen molar-refractivity contribution in [2.24, 2.45) is 5.92 Å². The molecule has 2 N–H and O–H groups in total. The Morgan fingerprint density at radius 1 is 0.778 bits per heavy atom. The maximum absolute atomic E-state index is 12.5. The van der Waals surface area contributed by atoms with Crippen molar-refractivity contribution in [3.05, 3.63) is 0 Å². The SMILES string of the molecule is CCC(=O)OC1CCC(OC(=O)C2CCC(O)C(OC(=O)CC)C2)CC1O. The average Bonchev–Trinajstić information content (AvgIpc) is 2.65. The van der Waals surface area contributed by atoms with Gasteiger partial charge < -0.3 is 24.4 Å². The highest BCUT2D eigenvalue weighted by Gasteiger charge is 2.38. The van der Waals surface area contributed by atoms with E-state index in [1.807, 2.05) is 0 Å². The van der Waals surface area contributed by atoms with Gasteiger partial charge in [0.15, 0.2) is 0 Å². The Hall–Kier alpha value is -1.67. The largest absolute Gasteiger partial charge is 0.462 e. The molecule has 2 saturated carbocycles. The zero-order chi connectivity index (χ0) is 20.0. The molecule has 2 aliphatic carbocycles. The highest BCUT2D eigenvalue weighted by molar-refractivity contribution is 5.73. The summed E-state index contributed by atoms with van der Waals surface area (Å²) in [5.74, 6) is -1.62. The highest BCUT2D eigenvalue weighted by Crippen LogP contribution is 2.30. The van der Waals surface area contributed by atoms with Gasteiger partial charge in [-0.05, 0) is 25.7 Å². The summed E-state index contributed by atoms with van der Waals surface area (Å²) in [4.78, 5) is 35.3. The minimum absolute atomic E-state index is 0.210. The summed E-state index contributed by atoms with van der Waals surface area (Å²) in [7, 11) is 0. The van der Waals surface area contributed by atoms with Crippen LogP contribution in [0.25, 0.3) is 0 Å². The van der Waals surface area contributed by atoms with Crippen LogP contribution in [0.1, 0.15) is 65.2 Å². The number of aliphatic hydroxyl groups excluding tert-OH is 2. The average molecular weight is 386 g/mol. The number of hydrogen-bond donors (Lipinski definition) is 2. The lowest BCUT2D eigenvalue weighted by atomic mass is 9.85. The van der Waals surface area contributed by atoms with Gasteiger partial charge in [0, 0.05) is 25.7 Å². The van der Waals surface area contributed by atoms with Gasteiger partial charge in [0.1, 0.15) is 18.3 Å². The minimum Gasteiger partial charge on any atom is -0.462 e. The summed E-state index contributed by atoms with van der Waals surface area (Å²) >= 11 is 0. The smallest absolute Gasteiger partial charge is 0.309 e. The molecule has 0 aromatic rings. The molecule has 2 rings (SSSR count). The van der Waals surface area contributed by atoms with Crippen molar-refractivity contribution in [3.8, 4) is 0 Å². The van der Waals surface area contributed by atoms with Gasteiger partial charge in [-0.3, -0.25) is 14.4 Å². The van der Waals surface area contributed by atoms with E-state index in [0.29, 0.717) is 25.7 Å². The quantitative estimate of drug-likeness (QED) is 0.517. The monoisotopic (exact) mass is 386 g/mol. The summed E-state index contributed by atoms with van der Waals surface area (Å²) in [6, 6.07) is 0. The van der Waals surface area contributed by atoms with E-state index in [4.69, 9.17) is 14.2 Å². The second-order valence-electron chi connectivity index (χ2n) is 7.28. The van der Waals surface area contributed by atoms with Crippen LogP contribution in [0, 0.1) is 5.92 Å². The first-order valence-corrected chi connectivity index (χ1v) is 9.79. The minimum atomic E-state index is -0.863. The van der Waals surface area contributed by atoms with Crippen LogP contribution in [0.4, 0.5) is 0 Å². The molecule has 2 fully saturated rings. The predicted octanol–water partition coefficient (Wildman–Crippen LogP) is 1.25. The molecule has 0 saturated heterocycles.